The minimum Gasteiger partial charge on any atom is -0.325 e. The molecule has 0 saturated carbocycles. The van der Waals surface area contributed by atoms with Crippen LogP contribution in [-0.4, -0.2) is 26.0 Å². The summed E-state index contributed by atoms with van der Waals surface area (Å²) in [5.41, 5.74) is 5.79. The first kappa shape index (κ1) is 19.3. The number of carbonyl (C=O) groups excluding carboxylic acids is 1. The normalized spacial score (nSPS) is 17.5. The summed E-state index contributed by atoms with van der Waals surface area (Å²) in [4.78, 5) is 13.2. The lowest BCUT2D eigenvalue weighted by Gasteiger charge is -2.33. The van der Waals surface area contributed by atoms with Gasteiger partial charge >= 0.3 is 0 Å². The van der Waals surface area contributed by atoms with E-state index in [1.165, 1.54) is 23.9 Å². The van der Waals surface area contributed by atoms with Crippen molar-refractivity contribution in [2.75, 3.05) is 10.7 Å². The van der Waals surface area contributed by atoms with E-state index in [2.05, 4.69) is 20.9 Å². The molecule has 0 saturated heterocycles. The summed E-state index contributed by atoms with van der Waals surface area (Å²) < 4.78 is 15.3. The number of amides is 1. The molecule has 2 atom stereocenters. The number of carbonyl (C=O) groups is 1. The second-order valence-electron chi connectivity index (χ2n) is 7.06. The van der Waals surface area contributed by atoms with Gasteiger partial charge in [0.1, 0.15) is 11.1 Å². The fraction of sp³-hybridized carbons (Fsp3) is 0.0870. The van der Waals surface area contributed by atoms with Crippen molar-refractivity contribution in [2.24, 2.45) is 0 Å². The number of fused-ring (bicyclic) bond motifs is 1. The number of hydrogen-bond acceptors (Lipinski definition) is 5. The summed E-state index contributed by atoms with van der Waals surface area (Å²) in [6, 6.07) is 24.7. The SMILES string of the molecule is O=C(Nc1ccccc1)[C@H]1Sc2nnc(-c3ccccc3)n2N[C@@H]1c1ccc(F)cc1. The summed E-state index contributed by atoms with van der Waals surface area (Å²) in [6.07, 6.45) is 0. The van der Waals surface area contributed by atoms with E-state index in [-0.39, 0.29) is 11.7 Å². The highest BCUT2D eigenvalue weighted by Gasteiger charge is 2.38. The standard InChI is InChI=1S/C23H18FN5OS/c24-17-13-11-15(12-14-17)19-20(22(30)25-18-9-5-2-6-10-18)31-23-27-26-21(29(23)28-19)16-7-3-1-4-8-16/h1-14,19-20,28H,(H,25,30)/t19-,20+/m1/s1. The lowest BCUT2D eigenvalue weighted by molar-refractivity contribution is -0.116. The van der Waals surface area contributed by atoms with Gasteiger partial charge in [-0.05, 0) is 29.8 Å². The predicted octanol–water partition coefficient (Wildman–Crippen LogP) is 4.48. The molecule has 0 aliphatic carbocycles. The number of nitrogens with zero attached hydrogens (tertiary/aromatic N) is 3. The molecule has 0 radical (unpaired) electrons. The van der Waals surface area contributed by atoms with E-state index in [9.17, 15) is 9.18 Å². The topological polar surface area (TPSA) is 71.8 Å². The first-order valence-electron chi connectivity index (χ1n) is 9.74. The Labute approximate surface area is 182 Å². The van der Waals surface area contributed by atoms with Crippen LogP contribution in [0, 0.1) is 5.82 Å². The van der Waals surface area contributed by atoms with Crippen molar-refractivity contribution >= 4 is 23.4 Å². The molecular formula is C23H18FN5OS. The van der Waals surface area contributed by atoms with Crippen molar-refractivity contribution in [3.05, 3.63) is 96.3 Å². The maximum atomic E-state index is 13.5. The van der Waals surface area contributed by atoms with Gasteiger partial charge in [0.2, 0.25) is 11.1 Å². The van der Waals surface area contributed by atoms with Crippen molar-refractivity contribution in [2.45, 2.75) is 16.4 Å². The maximum Gasteiger partial charge on any atom is 0.240 e. The molecule has 0 fully saturated rings. The van der Waals surface area contributed by atoms with Crippen LogP contribution in [0.15, 0.2) is 90.1 Å². The van der Waals surface area contributed by atoms with Gasteiger partial charge in [-0.1, -0.05) is 72.4 Å². The van der Waals surface area contributed by atoms with Gasteiger partial charge in [-0.2, -0.15) is 0 Å². The Morgan fingerprint density at radius 1 is 0.935 bits per heavy atom. The molecule has 0 spiro atoms. The summed E-state index contributed by atoms with van der Waals surface area (Å²) in [6.45, 7) is 0. The van der Waals surface area contributed by atoms with Crippen molar-refractivity contribution in [3.8, 4) is 11.4 Å². The Morgan fingerprint density at radius 2 is 1.61 bits per heavy atom. The molecule has 6 nitrogen and oxygen atoms in total. The summed E-state index contributed by atoms with van der Waals surface area (Å²) >= 11 is 1.33. The first-order chi connectivity index (χ1) is 15.2. The number of anilines is 1. The number of benzene rings is 3. The molecule has 1 aliphatic heterocycles. The van der Waals surface area contributed by atoms with E-state index >= 15 is 0 Å². The number of halogens is 1. The average molecular weight is 431 g/mol. The van der Waals surface area contributed by atoms with Crippen LogP contribution < -0.4 is 10.7 Å². The highest BCUT2D eigenvalue weighted by atomic mass is 32.2. The van der Waals surface area contributed by atoms with Gasteiger partial charge in [-0.15, -0.1) is 10.2 Å². The Bertz CT molecular complexity index is 1200. The molecule has 154 valence electrons. The zero-order valence-corrected chi connectivity index (χ0v) is 17.1. The molecule has 1 amide bonds. The van der Waals surface area contributed by atoms with Gasteiger partial charge in [0.05, 0.1) is 6.04 Å². The van der Waals surface area contributed by atoms with Crippen molar-refractivity contribution < 1.29 is 9.18 Å². The van der Waals surface area contributed by atoms with E-state index < -0.39 is 11.3 Å². The molecule has 8 heteroatoms. The minimum atomic E-state index is -0.536. The van der Waals surface area contributed by atoms with E-state index in [0.29, 0.717) is 16.7 Å². The summed E-state index contributed by atoms with van der Waals surface area (Å²) in [5, 5.41) is 11.6. The highest BCUT2D eigenvalue weighted by molar-refractivity contribution is 8.00. The Morgan fingerprint density at radius 3 is 2.32 bits per heavy atom. The Balaban J connectivity index is 1.52. The molecule has 3 aromatic carbocycles. The molecule has 2 heterocycles. The molecular weight excluding hydrogens is 413 g/mol. The van der Waals surface area contributed by atoms with Gasteiger partial charge in [-0.25, -0.2) is 9.07 Å². The third-order valence-electron chi connectivity index (χ3n) is 5.00. The van der Waals surface area contributed by atoms with Gasteiger partial charge in [0, 0.05) is 11.3 Å². The van der Waals surface area contributed by atoms with Gasteiger partial charge < -0.3 is 10.7 Å². The molecule has 1 aromatic heterocycles. The lowest BCUT2D eigenvalue weighted by Crippen LogP contribution is -2.41. The molecule has 0 bridgehead atoms. The smallest absolute Gasteiger partial charge is 0.240 e. The van der Waals surface area contributed by atoms with Crippen LogP contribution in [0.5, 0.6) is 0 Å². The second kappa shape index (κ2) is 8.23. The third-order valence-corrected chi connectivity index (χ3v) is 6.21. The number of para-hydroxylation sites is 1. The van der Waals surface area contributed by atoms with Crippen molar-refractivity contribution in [1.82, 2.24) is 14.9 Å². The largest absolute Gasteiger partial charge is 0.325 e. The van der Waals surface area contributed by atoms with Crippen LogP contribution in [0.3, 0.4) is 0 Å². The van der Waals surface area contributed by atoms with Gasteiger partial charge in [-0.3, -0.25) is 4.79 Å². The number of hydrogen-bond donors (Lipinski definition) is 2. The quantitative estimate of drug-likeness (QED) is 0.498. The fourth-order valence-electron chi connectivity index (χ4n) is 3.48. The average Bonchev–Trinajstić information content (AvgIpc) is 3.23. The van der Waals surface area contributed by atoms with Crippen LogP contribution in [-0.2, 0) is 4.79 Å². The lowest BCUT2D eigenvalue weighted by atomic mass is 10.0. The first-order valence-corrected chi connectivity index (χ1v) is 10.6. The number of rotatable bonds is 4. The Kier molecular flexibility index (Phi) is 5.13. The molecule has 5 rings (SSSR count). The molecule has 1 aliphatic rings. The van der Waals surface area contributed by atoms with E-state index in [1.807, 2.05) is 60.7 Å². The number of aromatic nitrogens is 3. The van der Waals surface area contributed by atoms with Crippen molar-refractivity contribution in [3.63, 3.8) is 0 Å². The number of thioether (sulfide) groups is 1. The molecule has 2 N–H and O–H groups in total. The summed E-state index contributed by atoms with van der Waals surface area (Å²) in [7, 11) is 0. The van der Waals surface area contributed by atoms with E-state index in [4.69, 9.17) is 0 Å². The second-order valence-corrected chi connectivity index (χ2v) is 8.17. The van der Waals surface area contributed by atoms with Crippen LogP contribution in [0.4, 0.5) is 10.1 Å². The monoisotopic (exact) mass is 431 g/mol. The zero-order chi connectivity index (χ0) is 21.2. The van der Waals surface area contributed by atoms with Crippen LogP contribution >= 0.6 is 11.8 Å². The highest BCUT2D eigenvalue weighted by Crippen LogP contribution is 2.39. The van der Waals surface area contributed by atoms with Gasteiger partial charge in [0.25, 0.3) is 0 Å². The van der Waals surface area contributed by atoms with E-state index in [0.717, 1.165) is 11.1 Å². The summed E-state index contributed by atoms with van der Waals surface area (Å²) in [5.74, 6) is 0.151. The maximum absolute atomic E-state index is 13.5. The van der Waals surface area contributed by atoms with Gasteiger partial charge in [0.15, 0.2) is 5.82 Å². The van der Waals surface area contributed by atoms with Crippen LogP contribution in [0.2, 0.25) is 0 Å². The van der Waals surface area contributed by atoms with Crippen molar-refractivity contribution in [1.29, 1.82) is 0 Å². The zero-order valence-electron chi connectivity index (χ0n) is 16.3. The van der Waals surface area contributed by atoms with Crippen LogP contribution in [0.25, 0.3) is 11.4 Å². The minimum absolute atomic E-state index is 0.173. The molecule has 0 unspecified atom stereocenters. The van der Waals surface area contributed by atoms with E-state index in [1.54, 1.807) is 16.8 Å². The third kappa shape index (κ3) is 3.89. The fourth-order valence-corrected chi connectivity index (χ4v) is 4.56. The predicted molar refractivity (Wildman–Crippen MR) is 119 cm³/mol. The number of nitrogens with one attached hydrogen (secondary N) is 2. The molecule has 31 heavy (non-hydrogen) atoms. The Hall–Kier alpha value is -3.65. The van der Waals surface area contributed by atoms with Crippen LogP contribution in [0.1, 0.15) is 11.6 Å². The molecule has 4 aromatic rings.